The Labute approximate surface area is 191 Å². The molecule has 0 saturated carbocycles. The van der Waals surface area contributed by atoms with Crippen LogP contribution in [0.5, 0.6) is 0 Å². The first-order valence-corrected chi connectivity index (χ1v) is 11.0. The summed E-state index contributed by atoms with van der Waals surface area (Å²) in [5.41, 5.74) is -0.164. The van der Waals surface area contributed by atoms with Crippen LogP contribution in [0.3, 0.4) is 0 Å². The molecule has 0 atom stereocenters. The highest BCUT2D eigenvalue weighted by molar-refractivity contribution is 7.92. The molecule has 0 spiro atoms. The molecular formula is C19H12Cl3N3O5S. The number of carbonyl (C=O) groups is 1. The summed E-state index contributed by atoms with van der Waals surface area (Å²) in [6.45, 7) is 0. The molecule has 0 aliphatic rings. The smallest absolute Gasteiger partial charge is 0.270 e. The van der Waals surface area contributed by atoms with Crippen LogP contribution in [0, 0.1) is 10.1 Å². The number of carbonyl (C=O) groups excluding carboxylic acids is 1. The van der Waals surface area contributed by atoms with E-state index in [0.29, 0.717) is 0 Å². The number of hydrogen-bond donors (Lipinski definition) is 2. The number of anilines is 2. The normalized spacial score (nSPS) is 11.1. The summed E-state index contributed by atoms with van der Waals surface area (Å²) in [6.07, 6.45) is 0. The van der Waals surface area contributed by atoms with Gasteiger partial charge in [-0.2, -0.15) is 0 Å². The van der Waals surface area contributed by atoms with E-state index in [1.807, 2.05) is 0 Å². The second-order valence-electron chi connectivity index (χ2n) is 6.11. The maximum atomic E-state index is 12.8. The standard InChI is InChI=1S/C19H12Cl3N3O5S/c20-15-8-11(9-16(21)18(15)22)23-19(26)14-6-1-2-7-17(14)24-31(29,30)13-5-3-4-12(10-13)25(27)28/h1-10,24H,(H,23,26). The number of nitrogens with zero attached hydrogens (tertiary/aromatic N) is 1. The van der Waals surface area contributed by atoms with Gasteiger partial charge in [0, 0.05) is 17.8 Å². The van der Waals surface area contributed by atoms with Crippen LogP contribution in [-0.4, -0.2) is 19.2 Å². The minimum absolute atomic E-state index is 0.00120. The van der Waals surface area contributed by atoms with Crippen molar-refractivity contribution in [1.29, 1.82) is 0 Å². The number of nitro benzene ring substituents is 1. The van der Waals surface area contributed by atoms with E-state index in [9.17, 15) is 23.3 Å². The van der Waals surface area contributed by atoms with Crippen LogP contribution in [0.1, 0.15) is 10.4 Å². The summed E-state index contributed by atoms with van der Waals surface area (Å²) in [4.78, 5) is 22.7. The lowest BCUT2D eigenvalue weighted by molar-refractivity contribution is -0.385. The fourth-order valence-corrected chi connectivity index (χ4v) is 4.28. The van der Waals surface area contributed by atoms with E-state index >= 15 is 0 Å². The summed E-state index contributed by atoms with van der Waals surface area (Å²) in [7, 11) is -4.21. The molecule has 31 heavy (non-hydrogen) atoms. The van der Waals surface area contributed by atoms with Gasteiger partial charge in [0.05, 0.1) is 36.1 Å². The first kappa shape index (κ1) is 22.8. The van der Waals surface area contributed by atoms with E-state index < -0.39 is 20.9 Å². The van der Waals surface area contributed by atoms with Gasteiger partial charge in [-0.25, -0.2) is 8.42 Å². The molecule has 160 valence electrons. The number of benzene rings is 3. The van der Waals surface area contributed by atoms with Gasteiger partial charge in [-0.15, -0.1) is 0 Å². The van der Waals surface area contributed by atoms with Gasteiger partial charge in [0.15, 0.2) is 0 Å². The Kier molecular flexibility index (Phi) is 6.71. The zero-order valence-corrected chi connectivity index (χ0v) is 18.4. The number of para-hydroxylation sites is 1. The predicted octanol–water partition coefficient (Wildman–Crippen LogP) is 5.61. The van der Waals surface area contributed by atoms with Gasteiger partial charge in [-0.3, -0.25) is 19.6 Å². The molecule has 3 aromatic rings. The highest BCUT2D eigenvalue weighted by Crippen LogP contribution is 2.33. The van der Waals surface area contributed by atoms with Crippen molar-refractivity contribution in [2.75, 3.05) is 10.0 Å². The van der Waals surface area contributed by atoms with Crippen LogP contribution in [-0.2, 0) is 10.0 Å². The Morgan fingerprint density at radius 2 is 1.58 bits per heavy atom. The van der Waals surface area contributed by atoms with Gasteiger partial charge >= 0.3 is 0 Å². The van der Waals surface area contributed by atoms with Gasteiger partial charge in [0.25, 0.3) is 21.6 Å². The molecule has 3 rings (SSSR count). The Morgan fingerprint density at radius 3 is 2.23 bits per heavy atom. The minimum Gasteiger partial charge on any atom is -0.322 e. The van der Waals surface area contributed by atoms with Gasteiger partial charge in [0.2, 0.25) is 0 Å². The third-order valence-corrected chi connectivity index (χ3v) is 6.56. The number of hydrogen-bond acceptors (Lipinski definition) is 5. The topological polar surface area (TPSA) is 118 Å². The van der Waals surface area contributed by atoms with Crippen molar-refractivity contribution in [2.24, 2.45) is 0 Å². The average molecular weight is 501 g/mol. The molecular weight excluding hydrogens is 489 g/mol. The number of non-ortho nitro benzene ring substituents is 1. The van der Waals surface area contributed by atoms with Crippen LogP contribution in [0.15, 0.2) is 65.6 Å². The van der Waals surface area contributed by atoms with Crippen molar-refractivity contribution in [3.05, 3.63) is 91.4 Å². The molecule has 0 aliphatic carbocycles. The van der Waals surface area contributed by atoms with E-state index in [1.54, 1.807) is 6.07 Å². The molecule has 0 fully saturated rings. The van der Waals surface area contributed by atoms with E-state index in [2.05, 4.69) is 10.0 Å². The average Bonchev–Trinajstić information content (AvgIpc) is 2.72. The van der Waals surface area contributed by atoms with Gasteiger partial charge < -0.3 is 5.32 Å². The second-order valence-corrected chi connectivity index (χ2v) is 8.99. The molecule has 0 bridgehead atoms. The quantitative estimate of drug-likeness (QED) is 0.259. The molecule has 0 aromatic heterocycles. The molecule has 0 heterocycles. The Bertz CT molecular complexity index is 1280. The van der Waals surface area contributed by atoms with E-state index in [0.717, 1.165) is 6.07 Å². The molecule has 0 saturated heterocycles. The first-order valence-electron chi connectivity index (χ1n) is 8.40. The minimum atomic E-state index is -4.21. The SMILES string of the molecule is O=C(Nc1cc(Cl)c(Cl)c(Cl)c1)c1ccccc1NS(=O)(=O)c1cccc([N+](=O)[O-])c1. The first-order chi connectivity index (χ1) is 14.6. The number of rotatable bonds is 6. The molecule has 8 nitrogen and oxygen atoms in total. The van der Waals surface area contributed by atoms with Crippen LogP contribution in [0.25, 0.3) is 0 Å². The number of sulfonamides is 1. The summed E-state index contributed by atoms with van der Waals surface area (Å²) in [6, 6.07) is 13.2. The van der Waals surface area contributed by atoms with Crippen molar-refractivity contribution in [3.8, 4) is 0 Å². The zero-order valence-electron chi connectivity index (χ0n) is 15.3. The molecule has 0 radical (unpaired) electrons. The van der Waals surface area contributed by atoms with Crippen molar-refractivity contribution in [3.63, 3.8) is 0 Å². The maximum absolute atomic E-state index is 12.8. The summed E-state index contributed by atoms with van der Waals surface area (Å²) in [5, 5.41) is 13.9. The zero-order chi connectivity index (χ0) is 22.8. The predicted molar refractivity (Wildman–Crippen MR) is 120 cm³/mol. The van der Waals surface area contributed by atoms with Crippen molar-refractivity contribution < 1.29 is 18.1 Å². The summed E-state index contributed by atoms with van der Waals surface area (Å²) >= 11 is 17.8. The third kappa shape index (κ3) is 5.26. The molecule has 12 heteroatoms. The van der Waals surface area contributed by atoms with Crippen molar-refractivity contribution >= 4 is 67.8 Å². The summed E-state index contributed by atoms with van der Waals surface area (Å²) in [5.74, 6) is -0.646. The second kappa shape index (κ2) is 9.11. The van der Waals surface area contributed by atoms with Crippen LogP contribution in [0.4, 0.5) is 17.1 Å². The molecule has 1 amide bonds. The highest BCUT2D eigenvalue weighted by atomic mass is 35.5. The lowest BCUT2D eigenvalue weighted by Gasteiger charge is -2.13. The highest BCUT2D eigenvalue weighted by Gasteiger charge is 2.21. The van der Waals surface area contributed by atoms with E-state index in [4.69, 9.17) is 34.8 Å². The molecule has 0 aliphatic heterocycles. The Hall–Kier alpha value is -2.85. The fourth-order valence-electron chi connectivity index (χ4n) is 2.56. The fraction of sp³-hybridized carbons (Fsp3) is 0. The summed E-state index contributed by atoms with van der Waals surface area (Å²) < 4.78 is 27.7. The molecule has 3 aromatic carbocycles. The van der Waals surface area contributed by atoms with Crippen molar-refractivity contribution in [1.82, 2.24) is 0 Å². The van der Waals surface area contributed by atoms with E-state index in [-0.39, 0.29) is 42.6 Å². The van der Waals surface area contributed by atoms with Crippen molar-refractivity contribution in [2.45, 2.75) is 4.90 Å². The van der Waals surface area contributed by atoms with Crippen LogP contribution in [0.2, 0.25) is 15.1 Å². The maximum Gasteiger partial charge on any atom is 0.270 e. The number of nitro groups is 1. The van der Waals surface area contributed by atoms with E-state index in [1.165, 1.54) is 48.5 Å². The Balaban J connectivity index is 1.90. The molecule has 2 N–H and O–H groups in total. The Morgan fingerprint density at radius 1 is 0.935 bits per heavy atom. The lowest BCUT2D eigenvalue weighted by atomic mass is 10.1. The number of nitrogens with one attached hydrogen (secondary N) is 2. The third-order valence-electron chi connectivity index (χ3n) is 4.00. The van der Waals surface area contributed by atoms with Crippen LogP contribution < -0.4 is 10.0 Å². The number of amides is 1. The van der Waals surface area contributed by atoms with Gasteiger partial charge in [-0.1, -0.05) is 53.0 Å². The van der Waals surface area contributed by atoms with Gasteiger partial charge in [-0.05, 0) is 30.3 Å². The monoisotopic (exact) mass is 499 g/mol. The van der Waals surface area contributed by atoms with Crippen LogP contribution >= 0.6 is 34.8 Å². The molecule has 0 unspecified atom stereocenters. The largest absolute Gasteiger partial charge is 0.322 e. The van der Waals surface area contributed by atoms with Gasteiger partial charge in [0.1, 0.15) is 0 Å². The lowest BCUT2D eigenvalue weighted by Crippen LogP contribution is -2.18. The number of halogens is 3.